The van der Waals surface area contributed by atoms with Gasteiger partial charge in [-0.2, -0.15) is 13.2 Å². The zero-order valence-electron chi connectivity index (χ0n) is 11.1. The minimum absolute atomic E-state index is 0.0795. The summed E-state index contributed by atoms with van der Waals surface area (Å²) in [6.07, 6.45) is -4.58. The maximum Gasteiger partial charge on any atom is 0.422 e. The predicted molar refractivity (Wildman–Crippen MR) is 71.6 cm³/mol. The lowest BCUT2D eigenvalue weighted by Crippen LogP contribution is -2.20. The minimum atomic E-state index is -4.58. The molecule has 3 rings (SSSR count). The van der Waals surface area contributed by atoms with E-state index in [1.807, 2.05) is 0 Å². The Bertz CT molecular complexity index is 778. The van der Waals surface area contributed by atoms with Crippen molar-refractivity contribution < 1.29 is 27.5 Å². The monoisotopic (exact) mass is 306 g/mol. The number of alkyl halides is 3. The van der Waals surface area contributed by atoms with Crippen LogP contribution in [0.2, 0.25) is 0 Å². The molecule has 0 spiro atoms. The molecule has 2 aromatic carbocycles. The Kier molecular flexibility index (Phi) is 3.24. The molecular formula is C16H9F3O3. The number of esters is 1. The summed E-state index contributed by atoms with van der Waals surface area (Å²) in [4.78, 5) is 23.9. The van der Waals surface area contributed by atoms with E-state index in [-0.39, 0.29) is 11.3 Å². The lowest BCUT2D eigenvalue weighted by Gasteiger charge is -2.08. The first-order chi connectivity index (χ1) is 10.4. The Morgan fingerprint density at radius 1 is 0.955 bits per heavy atom. The summed E-state index contributed by atoms with van der Waals surface area (Å²) in [5.74, 6) is -1.36. The van der Waals surface area contributed by atoms with Crippen LogP contribution in [0.1, 0.15) is 26.3 Å². The van der Waals surface area contributed by atoms with Gasteiger partial charge in [-0.05, 0) is 23.3 Å². The first kappa shape index (κ1) is 14.3. The number of ketones is 1. The van der Waals surface area contributed by atoms with Crippen molar-refractivity contribution in [3.8, 4) is 11.1 Å². The van der Waals surface area contributed by atoms with E-state index in [9.17, 15) is 22.8 Å². The molecule has 0 aliphatic heterocycles. The summed E-state index contributed by atoms with van der Waals surface area (Å²) in [6, 6.07) is 11.1. The quantitative estimate of drug-likeness (QED) is 0.679. The van der Waals surface area contributed by atoms with Gasteiger partial charge in [-0.15, -0.1) is 0 Å². The molecule has 6 heteroatoms. The fourth-order valence-electron chi connectivity index (χ4n) is 2.39. The molecule has 3 nitrogen and oxygen atoms in total. The van der Waals surface area contributed by atoms with E-state index < -0.39 is 18.8 Å². The normalized spacial score (nSPS) is 12.8. The predicted octanol–water partition coefficient (Wildman–Crippen LogP) is 3.62. The minimum Gasteiger partial charge on any atom is -0.452 e. The van der Waals surface area contributed by atoms with Gasteiger partial charge in [0, 0.05) is 11.1 Å². The molecule has 0 amide bonds. The molecule has 0 radical (unpaired) electrons. The van der Waals surface area contributed by atoms with Gasteiger partial charge in [-0.3, -0.25) is 4.79 Å². The largest absolute Gasteiger partial charge is 0.452 e. The van der Waals surface area contributed by atoms with E-state index in [2.05, 4.69) is 4.74 Å². The summed E-state index contributed by atoms with van der Waals surface area (Å²) < 4.78 is 40.4. The summed E-state index contributed by atoms with van der Waals surface area (Å²) in [6.45, 7) is -1.66. The summed E-state index contributed by atoms with van der Waals surface area (Å²) in [7, 11) is 0. The zero-order valence-corrected chi connectivity index (χ0v) is 11.1. The Balaban J connectivity index is 1.90. The summed E-state index contributed by atoms with van der Waals surface area (Å²) in [5.41, 5.74) is 2.14. The lowest BCUT2D eigenvalue weighted by atomic mass is 10.0. The average molecular weight is 306 g/mol. The van der Waals surface area contributed by atoms with Gasteiger partial charge in [0.2, 0.25) is 0 Å². The molecule has 0 atom stereocenters. The second kappa shape index (κ2) is 4.98. The molecule has 2 aromatic rings. The summed E-state index contributed by atoms with van der Waals surface area (Å²) in [5, 5.41) is 0. The number of rotatable bonds is 2. The third-order valence-electron chi connectivity index (χ3n) is 3.33. The van der Waals surface area contributed by atoms with E-state index in [1.165, 1.54) is 12.1 Å². The van der Waals surface area contributed by atoms with Crippen molar-refractivity contribution in [1.29, 1.82) is 0 Å². The van der Waals surface area contributed by atoms with Gasteiger partial charge in [0.1, 0.15) is 0 Å². The molecule has 0 saturated carbocycles. The second-order valence-corrected chi connectivity index (χ2v) is 4.83. The molecule has 22 heavy (non-hydrogen) atoms. The highest BCUT2D eigenvalue weighted by Crippen LogP contribution is 2.36. The Labute approximate surface area is 123 Å². The van der Waals surface area contributed by atoms with Gasteiger partial charge >= 0.3 is 12.1 Å². The molecule has 0 aromatic heterocycles. The number of ether oxygens (including phenoxy) is 1. The third kappa shape index (κ3) is 2.47. The van der Waals surface area contributed by atoms with Crippen molar-refractivity contribution in [3.05, 3.63) is 59.2 Å². The van der Waals surface area contributed by atoms with E-state index in [0.717, 1.165) is 5.56 Å². The number of carbonyl (C=O) groups is 2. The van der Waals surface area contributed by atoms with Crippen LogP contribution in [0.4, 0.5) is 13.2 Å². The van der Waals surface area contributed by atoms with Crippen LogP contribution in [0, 0.1) is 0 Å². The van der Waals surface area contributed by atoms with E-state index in [4.69, 9.17) is 0 Å². The number of hydrogen-bond donors (Lipinski definition) is 0. The van der Waals surface area contributed by atoms with Crippen molar-refractivity contribution in [1.82, 2.24) is 0 Å². The van der Waals surface area contributed by atoms with Gasteiger partial charge in [0.05, 0.1) is 5.56 Å². The first-order valence-electron chi connectivity index (χ1n) is 6.39. The van der Waals surface area contributed by atoms with Crippen LogP contribution >= 0.6 is 0 Å². The lowest BCUT2D eigenvalue weighted by molar-refractivity contribution is -0.161. The maximum atomic E-state index is 12.2. The van der Waals surface area contributed by atoms with Crippen molar-refractivity contribution in [3.63, 3.8) is 0 Å². The fraction of sp³-hybridized carbons (Fsp3) is 0.125. The first-order valence-corrected chi connectivity index (χ1v) is 6.39. The molecule has 0 bridgehead atoms. The number of benzene rings is 2. The molecule has 0 N–H and O–H groups in total. The highest BCUT2D eigenvalue weighted by atomic mass is 19.4. The van der Waals surface area contributed by atoms with Crippen molar-refractivity contribution in [2.75, 3.05) is 6.61 Å². The van der Waals surface area contributed by atoms with Crippen LogP contribution in [0.15, 0.2) is 42.5 Å². The molecular weight excluding hydrogens is 297 g/mol. The van der Waals surface area contributed by atoms with Crippen LogP contribution in [0.25, 0.3) is 11.1 Å². The highest BCUT2D eigenvalue weighted by molar-refractivity contribution is 6.22. The smallest absolute Gasteiger partial charge is 0.422 e. The van der Waals surface area contributed by atoms with E-state index in [1.54, 1.807) is 30.3 Å². The number of carbonyl (C=O) groups excluding carboxylic acids is 2. The Hall–Kier alpha value is -2.63. The number of halogens is 3. The number of fused-ring (bicyclic) bond motifs is 3. The van der Waals surface area contributed by atoms with E-state index >= 15 is 0 Å². The van der Waals surface area contributed by atoms with Crippen LogP contribution in [-0.2, 0) is 4.74 Å². The van der Waals surface area contributed by atoms with Gasteiger partial charge in [0.15, 0.2) is 12.4 Å². The SMILES string of the molecule is O=C(OCC(F)(F)F)c1ccc2c(c1)C(=O)c1ccccc1-2. The number of hydrogen-bond acceptors (Lipinski definition) is 3. The van der Waals surface area contributed by atoms with Gasteiger partial charge < -0.3 is 4.74 Å². The molecule has 1 aliphatic rings. The average Bonchev–Trinajstić information content (AvgIpc) is 2.77. The molecule has 1 aliphatic carbocycles. The second-order valence-electron chi connectivity index (χ2n) is 4.83. The third-order valence-corrected chi connectivity index (χ3v) is 3.33. The van der Waals surface area contributed by atoms with Gasteiger partial charge in [0.25, 0.3) is 0 Å². The van der Waals surface area contributed by atoms with Crippen molar-refractivity contribution in [2.45, 2.75) is 6.18 Å². The molecule has 0 heterocycles. The van der Waals surface area contributed by atoms with Crippen LogP contribution in [-0.4, -0.2) is 24.5 Å². The fourth-order valence-corrected chi connectivity index (χ4v) is 2.39. The Morgan fingerprint density at radius 3 is 2.27 bits per heavy atom. The van der Waals surface area contributed by atoms with Crippen molar-refractivity contribution >= 4 is 11.8 Å². The molecule has 0 unspecified atom stereocenters. The van der Waals surface area contributed by atoms with E-state index in [0.29, 0.717) is 16.7 Å². The Morgan fingerprint density at radius 2 is 1.59 bits per heavy atom. The van der Waals surface area contributed by atoms with Crippen LogP contribution in [0.5, 0.6) is 0 Å². The molecule has 0 fully saturated rings. The summed E-state index contributed by atoms with van der Waals surface area (Å²) >= 11 is 0. The topological polar surface area (TPSA) is 43.4 Å². The van der Waals surface area contributed by atoms with Gasteiger partial charge in [-0.25, -0.2) is 4.79 Å². The van der Waals surface area contributed by atoms with Crippen molar-refractivity contribution in [2.24, 2.45) is 0 Å². The zero-order chi connectivity index (χ0) is 15.9. The van der Waals surface area contributed by atoms with Crippen LogP contribution < -0.4 is 0 Å². The standard InChI is InChI=1S/C16H9F3O3/c17-16(18,19)8-22-15(21)9-5-6-11-10-3-1-2-4-12(10)14(20)13(11)7-9/h1-7H,8H2. The molecule has 0 saturated heterocycles. The maximum absolute atomic E-state index is 12.2. The molecule has 112 valence electrons. The van der Waals surface area contributed by atoms with Gasteiger partial charge in [-0.1, -0.05) is 30.3 Å². The van der Waals surface area contributed by atoms with Crippen LogP contribution in [0.3, 0.4) is 0 Å². The highest BCUT2D eigenvalue weighted by Gasteiger charge is 2.31.